The van der Waals surface area contributed by atoms with E-state index in [9.17, 15) is 4.79 Å². The number of hydrogen-bond acceptors (Lipinski definition) is 4. The number of carbonyl (C=O) groups excluding carboxylic acids is 1. The van der Waals surface area contributed by atoms with Crippen molar-refractivity contribution in [1.29, 1.82) is 0 Å². The summed E-state index contributed by atoms with van der Waals surface area (Å²) < 4.78 is 5.14. The van der Waals surface area contributed by atoms with E-state index in [2.05, 4.69) is 15.5 Å². The molecule has 1 N–H and O–H groups in total. The molecule has 5 nitrogen and oxygen atoms in total. The zero-order valence-corrected chi connectivity index (χ0v) is 8.23. The minimum absolute atomic E-state index is 0.0555. The molecule has 76 valence electrons. The molecule has 6 heteroatoms. The molecule has 0 aliphatic rings. The molecule has 0 radical (unpaired) electrons. The fourth-order valence-electron chi connectivity index (χ4n) is 1.07. The number of benzene rings is 1. The number of halogens is 1. The van der Waals surface area contributed by atoms with E-state index in [0.29, 0.717) is 22.9 Å². The van der Waals surface area contributed by atoms with Gasteiger partial charge in [-0.05, 0) is 18.2 Å². The number of carbonyl (C=O) groups is 1. The third-order valence-corrected chi connectivity index (χ3v) is 1.91. The number of nitrogens with one attached hydrogen (secondary N) is 1. The molecule has 0 fully saturated rings. The van der Waals surface area contributed by atoms with E-state index >= 15 is 0 Å². The maximum absolute atomic E-state index is 10.1. The molecule has 1 amide bonds. The lowest BCUT2D eigenvalue weighted by Crippen LogP contribution is -1.92. The number of aromatic nitrogens is 2. The Morgan fingerprint density at radius 3 is 3.00 bits per heavy atom. The molecule has 0 aliphatic heterocycles. The second kappa shape index (κ2) is 4.10. The number of amides is 1. The molecule has 1 heterocycles. The van der Waals surface area contributed by atoms with Crippen LogP contribution in [0.1, 0.15) is 0 Å². The van der Waals surface area contributed by atoms with Crippen molar-refractivity contribution >= 4 is 24.0 Å². The van der Waals surface area contributed by atoms with Crippen molar-refractivity contribution in [2.45, 2.75) is 0 Å². The summed E-state index contributed by atoms with van der Waals surface area (Å²) in [5, 5.41) is 10.2. The van der Waals surface area contributed by atoms with Gasteiger partial charge in [-0.2, -0.15) is 0 Å². The Balaban J connectivity index is 2.32. The Hall–Kier alpha value is -1.88. The van der Waals surface area contributed by atoms with Gasteiger partial charge >= 0.3 is 6.01 Å². The van der Waals surface area contributed by atoms with Crippen molar-refractivity contribution in [3.8, 4) is 11.5 Å². The zero-order chi connectivity index (χ0) is 10.7. The minimum Gasteiger partial charge on any atom is -0.403 e. The quantitative estimate of drug-likeness (QED) is 0.808. The van der Waals surface area contributed by atoms with Crippen molar-refractivity contribution in [1.82, 2.24) is 10.2 Å². The smallest absolute Gasteiger partial charge is 0.322 e. The standard InChI is InChI=1S/C9H6ClN3O2/c10-7-3-1-2-6(4-7)8-12-13-9(15-8)11-5-14/h1-5H,(H,11,13,14). The number of nitrogens with zero attached hydrogens (tertiary/aromatic N) is 2. The van der Waals surface area contributed by atoms with E-state index < -0.39 is 0 Å². The van der Waals surface area contributed by atoms with E-state index in [0.717, 1.165) is 0 Å². The van der Waals surface area contributed by atoms with Crippen LogP contribution in [-0.4, -0.2) is 16.6 Å². The monoisotopic (exact) mass is 223 g/mol. The van der Waals surface area contributed by atoms with Crippen LogP contribution in [0.5, 0.6) is 0 Å². The van der Waals surface area contributed by atoms with Crippen molar-refractivity contribution < 1.29 is 9.21 Å². The van der Waals surface area contributed by atoms with Crippen LogP contribution in [0.2, 0.25) is 5.02 Å². The van der Waals surface area contributed by atoms with Crippen molar-refractivity contribution in [2.24, 2.45) is 0 Å². The summed E-state index contributed by atoms with van der Waals surface area (Å²) in [6, 6.07) is 7.05. The molecule has 2 aromatic rings. The molecule has 0 aliphatic carbocycles. The van der Waals surface area contributed by atoms with E-state index in [-0.39, 0.29) is 6.01 Å². The summed E-state index contributed by atoms with van der Waals surface area (Å²) in [5.41, 5.74) is 0.703. The van der Waals surface area contributed by atoms with Crippen LogP contribution in [-0.2, 0) is 4.79 Å². The van der Waals surface area contributed by atoms with Gasteiger partial charge in [-0.1, -0.05) is 22.8 Å². The van der Waals surface area contributed by atoms with Gasteiger partial charge in [0.1, 0.15) is 0 Å². The highest BCUT2D eigenvalue weighted by molar-refractivity contribution is 6.30. The molecule has 0 saturated carbocycles. The lowest BCUT2D eigenvalue weighted by Gasteiger charge is -1.94. The topological polar surface area (TPSA) is 68.0 Å². The van der Waals surface area contributed by atoms with Crippen LogP contribution in [0.15, 0.2) is 28.7 Å². The minimum atomic E-state index is 0.0555. The van der Waals surface area contributed by atoms with Gasteiger partial charge in [0.25, 0.3) is 0 Å². The van der Waals surface area contributed by atoms with Crippen LogP contribution in [0, 0.1) is 0 Å². The first kappa shape index (κ1) is 9.67. The molecule has 2 rings (SSSR count). The van der Waals surface area contributed by atoms with Crippen molar-refractivity contribution in [2.75, 3.05) is 5.32 Å². The first-order chi connectivity index (χ1) is 7.29. The first-order valence-corrected chi connectivity index (χ1v) is 4.47. The highest BCUT2D eigenvalue weighted by Crippen LogP contribution is 2.22. The molecule has 1 aromatic heterocycles. The lowest BCUT2D eigenvalue weighted by molar-refractivity contribution is -0.105. The van der Waals surface area contributed by atoms with Crippen LogP contribution in [0.3, 0.4) is 0 Å². The van der Waals surface area contributed by atoms with E-state index in [1.165, 1.54) is 0 Å². The summed E-state index contributed by atoms with van der Waals surface area (Å²) in [5.74, 6) is 0.307. The van der Waals surface area contributed by atoms with Crippen LogP contribution < -0.4 is 5.32 Å². The Kier molecular flexibility index (Phi) is 2.64. The van der Waals surface area contributed by atoms with Gasteiger partial charge in [-0.15, -0.1) is 5.10 Å². The van der Waals surface area contributed by atoms with Crippen LogP contribution >= 0.6 is 11.6 Å². The van der Waals surface area contributed by atoms with Crippen molar-refractivity contribution in [3.63, 3.8) is 0 Å². The van der Waals surface area contributed by atoms with E-state index in [1.807, 2.05) is 0 Å². The predicted molar refractivity (Wildman–Crippen MR) is 54.4 cm³/mol. The third-order valence-electron chi connectivity index (χ3n) is 1.68. The summed E-state index contributed by atoms with van der Waals surface area (Å²) >= 11 is 5.80. The van der Waals surface area contributed by atoms with Crippen LogP contribution in [0.25, 0.3) is 11.5 Å². The molecule has 0 unspecified atom stereocenters. The Morgan fingerprint density at radius 1 is 1.40 bits per heavy atom. The van der Waals surface area contributed by atoms with Crippen LogP contribution in [0.4, 0.5) is 6.01 Å². The van der Waals surface area contributed by atoms with Gasteiger partial charge in [0, 0.05) is 10.6 Å². The lowest BCUT2D eigenvalue weighted by atomic mass is 10.2. The van der Waals surface area contributed by atoms with Gasteiger partial charge < -0.3 is 4.42 Å². The second-order valence-electron chi connectivity index (χ2n) is 2.68. The molecule has 0 saturated heterocycles. The normalized spacial score (nSPS) is 9.93. The Labute approximate surface area is 90.1 Å². The summed E-state index contributed by atoms with van der Waals surface area (Å²) in [4.78, 5) is 10.1. The first-order valence-electron chi connectivity index (χ1n) is 4.09. The second-order valence-corrected chi connectivity index (χ2v) is 3.12. The van der Waals surface area contributed by atoms with E-state index in [1.54, 1.807) is 24.3 Å². The highest BCUT2D eigenvalue weighted by atomic mass is 35.5. The van der Waals surface area contributed by atoms with Gasteiger partial charge in [0.05, 0.1) is 0 Å². The maximum atomic E-state index is 10.1. The zero-order valence-electron chi connectivity index (χ0n) is 7.48. The molecule has 0 spiro atoms. The number of anilines is 1. The summed E-state index contributed by atoms with van der Waals surface area (Å²) in [7, 11) is 0. The molecule has 0 bridgehead atoms. The predicted octanol–water partition coefficient (Wildman–Crippen LogP) is 1.96. The average molecular weight is 224 g/mol. The van der Waals surface area contributed by atoms with Crippen molar-refractivity contribution in [3.05, 3.63) is 29.3 Å². The SMILES string of the molecule is O=CNc1nnc(-c2cccc(Cl)c2)o1. The molecular formula is C9H6ClN3O2. The molecule has 0 atom stereocenters. The maximum Gasteiger partial charge on any atom is 0.322 e. The Morgan fingerprint density at radius 2 is 2.27 bits per heavy atom. The average Bonchev–Trinajstić information content (AvgIpc) is 2.67. The number of hydrogen-bond donors (Lipinski definition) is 1. The fraction of sp³-hybridized carbons (Fsp3) is 0. The molecule has 1 aromatic carbocycles. The largest absolute Gasteiger partial charge is 0.403 e. The Bertz CT molecular complexity index is 484. The molecule has 15 heavy (non-hydrogen) atoms. The molecular weight excluding hydrogens is 218 g/mol. The van der Waals surface area contributed by atoms with Gasteiger partial charge in [-0.25, -0.2) is 0 Å². The van der Waals surface area contributed by atoms with Gasteiger partial charge in [0.15, 0.2) is 0 Å². The van der Waals surface area contributed by atoms with Gasteiger partial charge in [-0.3, -0.25) is 10.1 Å². The highest BCUT2D eigenvalue weighted by Gasteiger charge is 2.07. The summed E-state index contributed by atoms with van der Waals surface area (Å²) in [6.07, 6.45) is 0.468. The third kappa shape index (κ3) is 2.13. The fourth-order valence-corrected chi connectivity index (χ4v) is 1.26. The van der Waals surface area contributed by atoms with E-state index in [4.69, 9.17) is 16.0 Å². The summed E-state index contributed by atoms with van der Waals surface area (Å²) in [6.45, 7) is 0. The van der Waals surface area contributed by atoms with Gasteiger partial charge in [0.2, 0.25) is 12.3 Å². The number of rotatable bonds is 3.